The topological polar surface area (TPSA) is 59.8 Å². The lowest BCUT2D eigenvalue weighted by Crippen LogP contribution is -2.14. The highest BCUT2D eigenvalue weighted by atomic mass is 19.1. The highest BCUT2D eigenvalue weighted by molar-refractivity contribution is 6.02. The van der Waals surface area contributed by atoms with E-state index < -0.39 is 0 Å². The van der Waals surface area contributed by atoms with E-state index >= 15 is 0 Å². The van der Waals surface area contributed by atoms with E-state index in [0.29, 0.717) is 18.1 Å². The fraction of sp³-hybridized carbons (Fsp3) is 0.0625. The van der Waals surface area contributed by atoms with Crippen molar-refractivity contribution in [3.05, 3.63) is 78.0 Å². The van der Waals surface area contributed by atoms with Crippen LogP contribution in [0.2, 0.25) is 0 Å². The molecule has 0 atom stereocenters. The molecule has 0 unspecified atom stereocenters. The summed E-state index contributed by atoms with van der Waals surface area (Å²) < 4.78 is 14.5. The number of hydrogen-bond acceptors (Lipinski definition) is 3. The summed E-state index contributed by atoms with van der Waals surface area (Å²) in [7, 11) is 0. The van der Waals surface area contributed by atoms with Crippen molar-refractivity contribution in [3.8, 4) is 0 Å². The first-order valence-electron chi connectivity index (χ1n) is 6.71. The maximum Gasteiger partial charge on any atom is 0.275 e. The first kappa shape index (κ1) is 13.9. The molecular formula is C16H13FN4O. The van der Waals surface area contributed by atoms with Crippen molar-refractivity contribution in [2.75, 3.05) is 5.32 Å². The van der Waals surface area contributed by atoms with Gasteiger partial charge in [-0.15, -0.1) is 0 Å². The van der Waals surface area contributed by atoms with Gasteiger partial charge in [0.25, 0.3) is 5.91 Å². The Bertz CT molecular complexity index is 768. The van der Waals surface area contributed by atoms with Gasteiger partial charge in [0.15, 0.2) is 5.82 Å². The predicted molar refractivity (Wildman–Crippen MR) is 79.9 cm³/mol. The molecule has 0 aliphatic carbocycles. The maximum absolute atomic E-state index is 12.9. The van der Waals surface area contributed by atoms with Gasteiger partial charge in [-0.1, -0.05) is 18.2 Å². The molecule has 22 heavy (non-hydrogen) atoms. The van der Waals surface area contributed by atoms with Gasteiger partial charge in [-0.2, -0.15) is 5.10 Å². The maximum atomic E-state index is 12.9. The number of rotatable bonds is 4. The molecule has 0 radical (unpaired) electrons. The average molecular weight is 296 g/mol. The van der Waals surface area contributed by atoms with Gasteiger partial charge in [-0.25, -0.2) is 4.39 Å². The van der Waals surface area contributed by atoms with Crippen molar-refractivity contribution in [2.24, 2.45) is 0 Å². The predicted octanol–water partition coefficient (Wildman–Crippen LogP) is 2.72. The zero-order valence-corrected chi connectivity index (χ0v) is 11.6. The third-order valence-electron chi connectivity index (χ3n) is 3.04. The normalized spacial score (nSPS) is 10.4. The van der Waals surface area contributed by atoms with Crippen molar-refractivity contribution in [2.45, 2.75) is 6.54 Å². The van der Waals surface area contributed by atoms with Crippen LogP contribution < -0.4 is 5.32 Å². The SMILES string of the molecule is O=C(Nc1ccn(Cc2ccc(F)cc2)n1)c1ccccn1. The van der Waals surface area contributed by atoms with E-state index in [9.17, 15) is 9.18 Å². The number of anilines is 1. The van der Waals surface area contributed by atoms with Crippen LogP contribution in [-0.4, -0.2) is 20.7 Å². The lowest BCUT2D eigenvalue weighted by Gasteiger charge is -2.03. The van der Waals surface area contributed by atoms with Gasteiger partial charge in [0.05, 0.1) is 6.54 Å². The van der Waals surface area contributed by atoms with Crippen LogP contribution >= 0.6 is 0 Å². The number of aromatic nitrogens is 3. The molecule has 3 aromatic rings. The Morgan fingerprint density at radius 3 is 2.68 bits per heavy atom. The Morgan fingerprint density at radius 1 is 1.14 bits per heavy atom. The van der Waals surface area contributed by atoms with E-state index in [1.54, 1.807) is 53.5 Å². The van der Waals surface area contributed by atoms with Crippen LogP contribution in [0.1, 0.15) is 16.1 Å². The van der Waals surface area contributed by atoms with Crippen molar-refractivity contribution >= 4 is 11.7 Å². The van der Waals surface area contributed by atoms with Gasteiger partial charge in [0.2, 0.25) is 0 Å². The minimum Gasteiger partial charge on any atom is -0.304 e. The van der Waals surface area contributed by atoms with Crippen LogP contribution in [0.4, 0.5) is 10.2 Å². The van der Waals surface area contributed by atoms with Crippen molar-refractivity contribution in [1.29, 1.82) is 0 Å². The van der Waals surface area contributed by atoms with Gasteiger partial charge in [0.1, 0.15) is 11.5 Å². The van der Waals surface area contributed by atoms with Crippen LogP contribution in [0.3, 0.4) is 0 Å². The summed E-state index contributed by atoms with van der Waals surface area (Å²) in [6.45, 7) is 0.500. The molecule has 6 heteroatoms. The Morgan fingerprint density at radius 2 is 1.95 bits per heavy atom. The van der Waals surface area contributed by atoms with Gasteiger partial charge >= 0.3 is 0 Å². The third-order valence-corrected chi connectivity index (χ3v) is 3.04. The second-order valence-corrected chi connectivity index (χ2v) is 4.69. The second-order valence-electron chi connectivity index (χ2n) is 4.69. The van der Waals surface area contributed by atoms with Crippen molar-refractivity contribution in [1.82, 2.24) is 14.8 Å². The molecule has 0 saturated carbocycles. The minimum atomic E-state index is -0.312. The number of hydrogen-bond donors (Lipinski definition) is 1. The van der Waals surface area contributed by atoms with E-state index in [1.807, 2.05) is 0 Å². The molecular weight excluding hydrogens is 283 g/mol. The molecule has 1 N–H and O–H groups in total. The lowest BCUT2D eigenvalue weighted by molar-refractivity contribution is 0.102. The molecule has 110 valence electrons. The number of benzene rings is 1. The smallest absolute Gasteiger partial charge is 0.275 e. The molecule has 0 aliphatic heterocycles. The van der Waals surface area contributed by atoms with Gasteiger partial charge < -0.3 is 5.32 Å². The molecule has 1 aromatic carbocycles. The van der Waals surface area contributed by atoms with Crippen LogP contribution in [0.25, 0.3) is 0 Å². The fourth-order valence-electron chi connectivity index (χ4n) is 1.97. The number of halogens is 1. The van der Waals surface area contributed by atoms with Gasteiger partial charge in [0, 0.05) is 18.5 Å². The number of carbonyl (C=O) groups is 1. The zero-order chi connectivity index (χ0) is 15.4. The summed E-state index contributed by atoms with van der Waals surface area (Å²) in [5, 5.41) is 6.94. The Kier molecular flexibility index (Phi) is 3.91. The summed E-state index contributed by atoms with van der Waals surface area (Å²) in [6.07, 6.45) is 3.31. The molecule has 0 saturated heterocycles. The minimum absolute atomic E-state index is 0.271. The second kappa shape index (κ2) is 6.17. The van der Waals surface area contributed by atoms with Crippen molar-refractivity contribution < 1.29 is 9.18 Å². The Hall–Kier alpha value is -3.02. The van der Waals surface area contributed by atoms with E-state index in [1.165, 1.54) is 12.1 Å². The largest absolute Gasteiger partial charge is 0.304 e. The summed E-state index contributed by atoms with van der Waals surface area (Å²) >= 11 is 0. The first-order valence-corrected chi connectivity index (χ1v) is 6.71. The molecule has 0 fully saturated rings. The fourth-order valence-corrected chi connectivity index (χ4v) is 1.97. The van der Waals surface area contributed by atoms with Crippen LogP contribution in [-0.2, 0) is 6.54 Å². The average Bonchev–Trinajstić information content (AvgIpc) is 2.97. The molecule has 3 rings (SSSR count). The monoisotopic (exact) mass is 296 g/mol. The van der Waals surface area contributed by atoms with E-state index in [2.05, 4.69) is 15.4 Å². The van der Waals surface area contributed by atoms with E-state index in [4.69, 9.17) is 0 Å². The third kappa shape index (κ3) is 3.35. The molecule has 1 amide bonds. The number of carbonyl (C=O) groups excluding carboxylic acids is 1. The zero-order valence-electron chi connectivity index (χ0n) is 11.6. The first-order chi connectivity index (χ1) is 10.7. The summed E-state index contributed by atoms with van der Waals surface area (Å²) in [5.74, 6) is -0.141. The summed E-state index contributed by atoms with van der Waals surface area (Å²) in [5.41, 5.74) is 1.25. The molecule has 0 aliphatic rings. The molecule has 2 heterocycles. The summed E-state index contributed by atoms with van der Waals surface area (Å²) in [4.78, 5) is 15.9. The lowest BCUT2D eigenvalue weighted by atomic mass is 10.2. The number of amides is 1. The molecule has 0 bridgehead atoms. The highest BCUT2D eigenvalue weighted by Crippen LogP contribution is 2.08. The van der Waals surface area contributed by atoms with Crippen LogP contribution in [0.15, 0.2) is 60.9 Å². The molecule has 5 nitrogen and oxygen atoms in total. The van der Waals surface area contributed by atoms with Gasteiger partial charge in [-0.05, 0) is 29.8 Å². The van der Waals surface area contributed by atoms with Gasteiger partial charge in [-0.3, -0.25) is 14.5 Å². The molecule has 2 aromatic heterocycles. The highest BCUT2D eigenvalue weighted by Gasteiger charge is 2.08. The van der Waals surface area contributed by atoms with Crippen LogP contribution in [0.5, 0.6) is 0 Å². The molecule has 0 spiro atoms. The van der Waals surface area contributed by atoms with E-state index in [0.717, 1.165) is 5.56 Å². The van der Waals surface area contributed by atoms with Crippen LogP contribution in [0, 0.1) is 5.82 Å². The Balaban J connectivity index is 1.66. The van der Waals surface area contributed by atoms with E-state index in [-0.39, 0.29) is 11.7 Å². The number of nitrogens with one attached hydrogen (secondary N) is 1. The summed E-state index contributed by atoms with van der Waals surface area (Å²) in [6, 6.07) is 13.0. The quantitative estimate of drug-likeness (QED) is 0.805. The number of pyridine rings is 1. The van der Waals surface area contributed by atoms with Crippen molar-refractivity contribution in [3.63, 3.8) is 0 Å². The number of nitrogens with zero attached hydrogens (tertiary/aromatic N) is 3. The standard InChI is InChI=1S/C16H13FN4O/c17-13-6-4-12(5-7-13)11-21-10-8-15(20-21)19-16(22)14-3-1-2-9-18-14/h1-10H,11H2,(H,19,20,22). The Labute approximate surface area is 126 Å².